The zero-order valence-electron chi connectivity index (χ0n) is 8.72. The SMILES string of the molecule is N#Cc1ncccc1Oc1ccc(N)c(F)c1. The first-order chi connectivity index (χ1) is 8.20. The van der Waals surface area contributed by atoms with Crippen LogP contribution in [0, 0.1) is 17.1 Å². The van der Waals surface area contributed by atoms with Crippen molar-refractivity contribution in [3.8, 4) is 17.6 Å². The van der Waals surface area contributed by atoms with Crippen LogP contribution < -0.4 is 10.5 Å². The monoisotopic (exact) mass is 229 g/mol. The molecule has 2 N–H and O–H groups in total. The van der Waals surface area contributed by atoms with Gasteiger partial charge in [0.25, 0.3) is 0 Å². The molecule has 0 saturated carbocycles. The summed E-state index contributed by atoms with van der Waals surface area (Å²) in [6, 6.07) is 9.17. The Morgan fingerprint density at radius 1 is 1.35 bits per heavy atom. The summed E-state index contributed by atoms with van der Waals surface area (Å²) in [5.74, 6) is -0.0229. The molecule has 4 nitrogen and oxygen atoms in total. The fraction of sp³-hybridized carbons (Fsp3) is 0. The van der Waals surface area contributed by atoms with Gasteiger partial charge in [-0.15, -0.1) is 0 Å². The maximum absolute atomic E-state index is 13.2. The minimum absolute atomic E-state index is 0.0454. The summed E-state index contributed by atoms with van der Waals surface area (Å²) in [4.78, 5) is 3.83. The van der Waals surface area contributed by atoms with Crippen molar-refractivity contribution in [3.63, 3.8) is 0 Å². The molecule has 0 aliphatic heterocycles. The molecule has 0 aliphatic carbocycles. The number of benzene rings is 1. The van der Waals surface area contributed by atoms with Crippen molar-refractivity contribution in [3.05, 3.63) is 48.0 Å². The first-order valence-electron chi connectivity index (χ1n) is 4.78. The lowest BCUT2D eigenvalue weighted by Gasteiger charge is -2.07. The fourth-order valence-electron chi connectivity index (χ4n) is 1.26. The van der Waals surface area contributed by atoms with Crippen molar-refractivity contribution in [2.45, 2.75) is 0 Å². The Labute approximate surface area is 97.1 Å². The number of hydrogen-bond donors (Lipinski definition) is 1. The zero-order valence-corrected chi connectivity index (χ0v) is 8.72. The third-order valence-electron chi connectivity index (χ3n) is 2.08. The topological polar surface area (TPSA) is 71.9 Å². The molecule has 0 saturated heterocycles. The predicted molar refractivity (Wildman–Crippen MR) is 59.8 cm³/mol. The van der Waals surface area contributed by atoms with Crippen molar-refractivity contribution >= 4 is 5.69 Å². The molecule has 1 aromatic carbocycles. The Morgan fingerprint density at radius 2 is 2.18 bits per heavy atom. The number of halogens is 1. The molecule has 2 aromatic rings. The van der Waals surface area contributed by atoms with Crippen LogP contribution in [0.15, 0.2) is 36.5 Å². The number of anilines is 1. The Bertz CT molecular complexity index is 593. The van der Waals surface area contributed by atoms with Crippen molar-refractivity contribution < 1.29 is 9.13 Å². The third kappa shape index (κ3) is 2.32. The maximum Gasteiger partial charge on any atom is 0.183 e. The van der Waals surface area contributed by atoms with Gasteiger partial charge in [0.05, 0.1) is 5.69 Å². The van der Waals surface area contributed by atoms with E-state index in [4.69, 9.17) is 15.7 Å². The number of nitrogens with two attached hydrogens (primary N) is 1. The van der Waals surface area contributed by atoms with Crippen LogP contribution in [0.2, 0.25) is 0 Å². The fourth-order valence-corrected chi connectivity index (χ4v) is 1.26. The Balaban J connectivity index is 2.32. The number of nitrogen functional groups attached to an aromatic ring is 1. The molecule has 1 heterocycles. The van der Waals surface area contributed by atoms with E-state index in [0.29, 0.717) is 0 Å². The van der Waals surface area contributed by atoms with Crippen LogP contribution in [-0.4, -0.2) is 4.98 Å². The van der Waals surface area contributed by atoms with Gasteiger partial charge in [-0.1, -0.05) is 0 Å². The van der Waals surface area contributed by atoms with Crippen LogP contribution in [0.4, 0.5) is 10.1 Å². The molecule has 0 atom stereocenters. The molecule has 1 aromatic heterocycles. The van der Waals surface area contributed by atoms with Gasteiger partial charge in [0.2, 0.25) is 0 Å². The number of nitriles is 1. The van der Waals surface area contributed by atoms with Gasteiger partial charge in [-0.3, -0.25) is 0 Å². The summed E-state index contributed by atoms with van der Waals surface area (Å²) >= 11 is 0. The van der Waals surface area contributed by atoms with E-state index in [0.717, 1.165) is 6.07 Å². The number of rotatable bonds is 2. The number of hydrogen-bond acceptors (Lipinski definition) is 4. The smallest absolute Gasteiger partial charge is 0.183 e. The van der Waals surface area contributed by atoms with Crippen molar-refractivity contribution in [2.24, 2.45) is 0 Å². The second-order valence-corrected chi connectivity index (χ2v) is 3.25. The van der Waals surface area contributed by atoms with E-state index in [2.05, 4.69) is 4.98 Å². The van der Waals surface area contributed by atoms with E-state index in [1.54, 1.807) is 12.1 Å². The van der Waals surface area contributed by atoms with Crippen molar-refractivity contribution in [1.29, 1.82) is 5.26 Å². The van der Waals surface area contributed by atoms with Crippen molar-refractivity contribution in [2.75, 3.05) is 5.73 Å². The van der Waals surface area contributed by atoms with Gasteiger partial charge >= 0.3 is 0 Å². The van der Waals surface area contributed by atoms with Gasteiger partial charge in [0.1, 0.15) is 17.6 Å². The number of ether oxygens (including phenoxy) is 1. The summed E-state index contributed by atoms with van der Waals surface area (Å²) in [6.45, 7) is 0. The average Bonchev–Trinajstić information content (AvgIpc) is 2.34. The van der Waals surface area contributed by atoms with E-state index in [9.17, 15) is 4.39 Å². The van der Waals surface area contributed by atoms with E-state index in [1.165, 1.54) is 18.3 Å². The molecule has 0 unspecified atom stereocenters. The van der Waals surface area contributed by atoms with Crippen LogP contribution in [0.25, 0.3) is 0 Å². The molecular formula is C12H8FN3O. The quantitative estimate of drug-likeness (QED) is 0.803. The number of pyridine rings is 1. The molecule has 0 spiro atoms. The predicted octanol–water partition coefficient (Wildman–Crippen LogP) is 2.47. The lowest BCUT2D eigenvalue weighted by atomic mass is 10.3. The Hall–Kier alpha value is -2.61. The van der Waals surface area contributed by atoms with E-state index in [1.807, 2.05) is 6.07 Å². The Kier molecular flexibility index (Phi) is 2.88. The van der Waals surface area contributed by atoms with Gasteiger partial charge in [-0.25, -0.2) is 9.37 Å². The van der Waals surface area contributed by atoms with Crippen LogP contribution in [0.1, 0.15) is 5.69 Å². The van der Waals surface area contributed by atoms with E-state index < -0.39 is 5.82 Å². The highest BCUT2D eigenvalue weighted by Gasteiger charge is 2.06. The largest absolute Gasteiger partial charge is 0.454 e. The highest BCUT2D eigenvalue weighted by atomic mass is 19.1. The summed E-state index contributed by atoms with van der Waals surface area (Å²) in [5, 5.41) is 8.81. The highest BCUT2D eigenvalue weighted by molar-refractivity contribution is 5.46. The van der Waals surface area contributed by atoms with Crippen LogP contribution in [0.3, 0.4) is 0 Å². The first-order valence-corrected chi connectivity index (χ1v) is 4.78. The first kappa shape index (κ1) is 10.9. The maximum atomic E-state index is 13.2. The van der Waals surface area contributed by atoms with Gasteiger partial charge in [0.15, 0.2) is 11.4 Å². The molecule has 0 amide bonds. The van der Waals surface area contributed by atoms with Crippen LogP contribution in [-0.2, 0) is 0 Å². The Morgan fingerprint density at radius 3 is 2.88 bits per heavy atom. The van der Waals surface area contributed by atoms with Crippen LogP contribution in [0.5, 0.6) is 11.5 Å². The van der Waals surface area contributed by atoms with Crippen LogP contribution >= 0.6 is 0 Å². The standard InChI is InChI=1S/C12H8FN3O/c13-9-6-8(3-4-10(9)15)17-12-2-1-5-16-11(12)7-14/h1-6H,15H2. The lowest BCUT2D eigenvalue weighted by molar-refractivity contribution is 0.473. The molecule has 0 radical (unpaired) electrons. The van der Waals surface area contributed by atoms with E-state index >= 15 is 0 Å². The minimum Gasteiger partial charge on any atom is -0.454 e. The second-order valence-electron chi connectivity index (χ2n) is 3.25. The molecule has 0 aliphatic rings. The molecule has 0 bridgehead atoms. The van der Waals surface area contributed by atoms with E-state index in [-0.39, 0.29) is 22.9 Å². The number of aromatic nitrogens is 1. The zero-order chi connectivity index (χ0) is 12.3. The summed E-state index contributed by atoms with van der Waals surface area (Å²) in [6.07, 6.45) is 1.48. The van der Waals surface area contributed by atoms with Gasteiger partial charge in [0, 0.05) is 12.3 Å². The molecule has 2 rings (SSSR count). The minimum atomic E-state index is -0.565. The summed E-state index contributed by atoms with van der Waals surface area (Å²) < 4.78 is 18.5. The second kappa shape index (κ2) is 4.49. The number of nitrogens with zero attached hydrogens (tertiary/aromatic N) is 2. The van der Waals surface area contributed by atoms with Gasteiger partial charge in [-0.2, -0.15) is 5.26 Å². The van der Waals surface area contributed by atoms with Gasteiger partial charge in [-0.05, 0) is 24.3 Å². The normalized spacial score (nSPS) is 9.65. The average molecular weight is 229 g/mol. The summed E-state index contributed by atoms with van der Waals surface area (Å²) in [5.41, 5.74) is 5.53. The lowest BCUT2D eigenvalue weighted by Crippen LogP contribution is -1.93. The van der Waals surface area contributed by atoms with Gasteiger partial charge < -0.3 is 10.5 Å². The third-order valence-corrected chi connectivity index (χ3v) is 2.08. The molecule has 0 fully saturated rings. The molecule has 17 heavy (non-hydrogen) atoms. The highest BCUT2D eigenvalue weighted by Crippen LogP contribution is 2.25. The summed E-state index contributed by atoms with van der Waals surface area (Å²) in [7, 11) is 0. The van der Waals surface area contributed by atoms with Crippen molar-refractivity contribution in [1.82, 2.24) is 4.98 Å². The molecular weight excluding hydrogens is 221 g/mol. The molecule has 5 heteroatoms. The molecule has 84 valence electrons.